The van der Waals surface area contributed by atoms with Crippen molar-refractivity contribution in [3.05, 3.63) is 17.0 Å². The predicted molar refractivity (Wildman–Crippen MR) is 65.2 cm³/mol. The fraction of sp³-hybridized carbons (Fsp3) is 0.692. The van der Waals surface area contributed by atoms with Crippen molar-refractivity contribution < 1.29 is 4.79 Å². The molecule has 2 heterocycles. The van der Waals surface area contributed by atoms with Gasteiger partial charge in [-0.25, -0.2) is 0 Å². The number of aldehydes is 1. The first-order valence-corrected chi connectivity index (χ1v) is 6.53. The highest BCUT2D eigenvalue weighted by Gasteiger charge is 2.27. The lowest BCUT2D eigenvalue weighted by atomic mass is 10.0. The molecule has 0 unspecified atom stereocenters. The molecule has 1 fully saturated rings. The zero-order valence-electron chi connectivity index (χ0n) is 10.4. The number of hydrogen-bond donors (Lipinski definition) is 0. The van der Waals surface area contributed by atoms with Gasteiger partial charge in [-0.2, -0.15) is 5.10 Å². The molecule has 0 amide bonds. The summed E-state index contributed by atoms with van der Waals surface area (Å²) >= 11 is 0. The second-order valence-electron chi connectivity index (χ2n) is 5.30. The molecule has 4 heteroatoms. The Bertz CT molecular complexity index is 432. The Morgan fingerprint density at radius 2 is 2.12 bits per heavy atom. The molecule has 0 spiro atoms. The first kappa shape index (κ1) is 11.0. The molecule has 4 nitrogen and oxygen atoms in total. The number of fused-ring (bicyclic) bond motifs is 1. The number of aromatic nitrogens is 2. The van der Waals surface area contributed by atoms with E-state index in [0.717, 1.165) is 25.8 Å². The number of rotatable bonds is 2. The molecule has 3 rings (SSSR count). The number of nitrogens with zero attached hydrogens (tertiary/aromatic N) is 3. The zero-order chi connectivity index (χ0) is 11.8. The smallest absolute Gasteiger partial charge is 0.170 e. The molecule has 0 bridgehead atoms. The molecule has 92 valence electrons. The van der Waals surface area contributed by atoms with Gasteiger partial charge in [0, 0.05) is 18.7 Å². The van der Waals surface area contributed by atoms with Crippen LogP contribution in [0.4, 0.5) is 0 Å². The van der Waals surface area contributed by atoms with Crippen molar-refractivity contribution in [2.45, 2.75) is 44.7 Å². The molecule has 0 aromatic carbocycles. The van der Waals surface area contributed by atoms with E-state index in [2.05, 4.69) is 21.7 Å². The molecular formula is C13H19N3O. The quantitative estimate of drug-likeness (QED) is 0.731. The van der Waals surface area contributed by atoms with Crippen LogP contribution in [0.15, 0.2) is 0 Å². The van der Waals surface area contributed by atoms with E-state index in [-0.39, 0.29) is 0 Å². The minimum Gasteiger partial charge on any atom is -0.300 e. The van der Waals surface area contributed by atoms with Crippen molar-refractivity contribution >= 4 is 6.29 Å². The van der Waals surface area contributed by atoms with E-state index < -0.39 is 0 Å². The topological polar surface area (TPSA) is 38.1 Å². The van der Waals surface area contributed by atoms with Gasteiger partial charge in [0.1, 0.15) is 5.69 Å². The van der Waals surface area contributed by atoms with E-state index in [0.29, 0.717) is 11.7 Å². The molecule has 0 atom stereocenters. The maximum atomic E-state index is 11.1. The molecule has 1 aromatic rings. The molecule has 17 heavy (non-hydrogen) atoms. The molecular weight excluding hydrogens is 214 g/mol. The standard InChI is InChI=1S/C13H19N3O/c1-15-7-6-11-12(9-17)14-16(13(11)8-15)10-4-2-3-5-10/h9-10H,2-8H2,1H3. The van der Waals surface area contributed by atoms with E-state index >= 15 is 0 Å². The van der Waals surface area contributed by atoms with Gasteiger partial charge in [-0.15, -0.1) is 0 Å². The molecule has 1 saturated carbocycles. The van der Waals surface area contributed by atoms with Crippen molar-refractivity contribution in [2.24, 2.45) is 0 Å². The van der Waals surface area contributed by atoms with Crippen LogP contribution in [0.2, 0.25) is 0 Å². The van der Waals surface area contributed by atoms with Crippen LogP contribution in [0.5, 0.6) is 0 Å². The lowest BCUT2D eigenvalue weighted by Crippen LogP contribution is -2.28. The molecule has 0 N–H and O–H groups in total. The van der Waals surface area contributed by atoms with Crippen LogP contribution in [-0.4, -0.2) is 34.6 Å². The summed E-state index contributed by atoms with van der Waals surface area (Å²) in [6.45, 7) is 1.97. The number of carbonyl (C=O) groups excluding carboxylic acids is 1. The van der Waals surface area contributed by atoms with Crippen LogP contribution in [0, 0.1) is 0 Å². The molecule has 1 aliphatic heterocycles. The summed E-state index contributed by atoms with van der Waals surface area (Å²) in [7, 11) is 2.13. The maximum Gasteiger partial charge on any atom is 0.170 e. The zero-order valence-corrected chi connectivity index (χ0v) is 10.4. The van der Waals surface area contributed by atoms with Gasteiger partial charge in [0.05, 0.1) is 11.7 Å². The van der Waals surface area contributed by atoms with E-state index in [4.69, 9.17) is 0 Å². The largest absolute Gasteiger partial charge is 0.300 e. The molecule has 1 aliphatic carbocycles. The summed E-state index contributed by atoms with van der Waals surface area (Å²) in [4.78, 5) is 13.4. The van der Waals surface area contributed by atoms with E-state index in [1.807, 2.05) is 0 Å². The van der Waals surface area contributed by atoms with Crippen LogP contribution in [-0.2, 0) is 13.0 Å². The summed E-state index contributed by atoms with van der Waals surface area (Å²) in [5.74, 6) is 0. The van der Waals surface area contributed by atoms with Gasteiger partial charge in [0.2, 0.25) is 0 Å². The van der Waals surface area contributed by atoms with Crippen LogP contribution < -0.4 is 0 Å². The number of carbonyl (C=O) groups is 1. The minimum absolute atomic E-state index is 0.531. The highest BCUT2D eigenvalue weighted by atomic mass is 16.1. The summed E-state index contributed by atoms with van der Waals surface area (Å²) in [6, 6.07) is 0.531. The Morgan fingerprint density at radius 1 is 1.35 bits per heavy atom. The van der Waals surface area contributed by atoms with Gasteiger partial charge in [0.15, 0.2) is 6.29 Å². The van der Waals surface area contributed by atoms with Crippen LogP contribution in [0.25, 0.3) is 0 Å². The van der Waals surface area contributed by atoms with Crippen LogP contribution in [0.1, 0.15) is 53.5 Å². The van der Waals surface area contributed by atoms with Crippen molar-refractivity contribution in [3.8, 4) is 0 Å². The maximum absolute atomic E-state index is 11.1. The van der Waals surface area contributed by atoms with Crippen LogP contribution >= 0.6 is 0 Å². The third-order valence-corrected chi connectivity index (χ3v) is 4.09. The van der Waals surface area contributed by atoms with Crippen molar-refractivity contribution in [1.29, 1.82) is 0 Å². The lowest BCUT2D eigenvalue weighted by Gasteiger charge is -2.25. The fourth-order valence-electron chi connectivity index (χ4n) is 3.15. The van der Waals surface area contributed by atoms with Gasteiger partial charge in [0.25, 0.3) is 0 Å². The van der Waals surface area contributed by atoms with Crippen molar-refractivity contribution in [2.75, 3.05) is 13.6 Å². The predicted octanol–water partition coefficient (Wildman–Crippen LogP) is 1.80. The molecule has 1 aromatic heterocycles. The molecule has 0 radical (unpaired) electrons. The van der Waals surface area contributed by atoms with Gasteiger partial charge in [-0.05, 0) is 26.3 Å². The first-order valence-electron chi connectivity index (χ1n) is 6.53. The van der Waals surface area contributed by atoms with Gasteiger partial charge >= 0.3 is 0 Å². The van der Waals surface area contributed by atoms with Gasteiger partial charge in [-0.3, -0.25) is 9.48 Å². The Morgan fingerprint density at radius 3 is 2.82 bits per heavy atom. The van der Waals surface area contributed by atoms with Crippen molar-refractivity contribution in [1.82, 2.24) is 14.7 Å². The monoisotopic (exact) mass is 233 g/mol. The average Bonchev–Trinajstić information content (AvgIpc) is 2.94. The SMILES string of the molecule is CN1CCc2c(C=O)nn(C3CCCC3)c2C1. The van der Waals surface area contributed by atoms with E-state index in [1.165, 1.54) is 36.9 Å². The third kappa shape index (κ3) is 1.80. The van der Waals surface area contributed by atoms with Gasteiger partial charge in [-0.1, -0.05) is 12.8 Å². The second kappa shape index (κ2) is 4.26. The minimum atomic E-state index is 0.531. The highest BCUT2D eigenvalue weighted by Crippen LogP contribution is 2.33. The normalized spacial score (nSPS) is 21.7. The Kier molecular flexibility index (Phi) is 2.74. The summed E-state index contributed by atoms with van der Waals surface area (Å²) in [6.07, 6.45) is 6.92. The van der Waals surface area contributed by atoms with Gasteiger partial charge < -0.3 is 4.90 Å². The number of hydrogen-bond acceptors (Lipinski definition) is 3. The summed E-state index contributed by atoms with van der Waals surface area (Å²) in [5.41, 5.74) is 3.16. The number of likely N-dealkylation sites (N-methyl/N-ethyl adjacent to an activating group) is 1. The lowest BCUT2D eigenvalue weighted by molar-refractivity contribution is 0.111. The molecule has 0 saturated heterocycles. The Labute approximate surface area is 102 Å². The first-order chi connectivity index (χ1) is 8.29. The van der Waals surface area contributed by atoms with E-state index in [9.17, 15) is 4.79 Å². The fourth-order valence-corrected chi connectivity index (χ4v) is 3.15. The van der Waals surface area contributed by atoms with Crippen LogP contribution in [0.3, 0.4) is 0 Å². The Balaban J connectivity index is 2.02. The third-order valence-electron chi connectivity index (χ3n) is 4.09. The second-order valence-corrected chi connectivity index (χ2v) is 5.30. The average molecular weight is 233 g/mol. The van der Waals surface area contributed by atoms with Crippen molar-refractivity contribution in [3.63, 3.8) is 0 Å². The van der Waals surface area contributed by atoms with E-state index in [1.54, 1.807) is 0 Å². The molecule has 2 aliphatic rings. The summed E-state index contributed by atoms with van der Waals surface area (Å²) < 4.78 is 2.15. The summed E-state index contributed by atoms with van der Waals surface area (Å²) in [5, 5.41) is 4.55. The highest BCUT2D eigenvalue weighted by molar-refractivity contribution is 5.75. The Hall–Kier alpha value is -1.16.